The van der Waals surface area contributed by atoms with Gasteiger partial charge in [-0.2, -0.15) is 4.31 Å². The Morgan fingerprint density at radius 2 is 2.15 bits per heavy atom. The lowest BCUT2D eigenvalue weighted by Crippen LogP contribution is -2.48. The van der Waals surface area contributed by atoms with E-state index in [4.69, 9.17) is 4.74 Å². The predicted molar refractivity (Wildman–Crippen MR) is 143 cm³/mol. The number of carbonyl (C=O) groups is 2. The van der Waals surface area contributed by atoms with Crippen LogP contribution in [0.2, 0.25) is 0 Å². The molecule has 4 rings (SSSR count). The molecule has 0 radical (unpaired) electrons. The first kappa shape index (κ1) is 28.6. The Balaban J connectivity index is 1.62. The number of amides is 2. The van der Waals surface area contributed by atoms with Gasteiger partial charge in [-0.1, -0.05) is 13.0 Å². The van der Waals surface area contributed by atoms with Crippen molar-refractivity contribution in [2.45, 2.75) is 43.2 Å². The SMILES string of the molecule is C[C@@H]1CN([C@H](C)CO)C(=O)Cc2cc(NC(=O)Cn3cnnn3)ccc2O[C@@H]1CN(C)S(=O)(=O)c1cccs1. The predicted octanol–water partition coefficient (Wildman–Crippen LogP) is 0.843. The van der Waals surface area contributed by atoms with Gasteiger partial charge >= 0.3 is 0 Å². The molecule has 0 fully saturated rings. The van der Waals surface area contributed by atoms with E-state index in [9.17, 15) is 23.1 Å². The van der Waals surface area contributed by atoms with Gasteiger partial charge in [-0.15, -0.1) is 16.4 Å². The van der Waals surface area contributed by atoms with E-state index in [1.807, 2.05) is 6.92 Å². The van der Waals surface area contributed by atoms with E-state index in [0.717, 1.165) is 11.3 Å². The van der Waals surface area contributed by atoms with Crippen LogP contribution in [0.15, 0.2) is 46.2 Å². The number of hydrogen-bond acceptors (Lipinski definition) is 10. The van der Waals surface area contributed by atoms with E-state index < -0.39 is 22.2 Å². The smallest absolute Gasteiger partial charge is 0.252 e. The van der Waals surface area contributed by atoms with Gasteiger partial charge in [0.15, 0.2) is 0 Å². The molecule has 3 aromatic rings. The average Bonchev–Trinajstić information content (AvgIpc) is 3.62. The summed E-state index contributed by atoms with van der Waals surface area (Å²) in [4.78, 5) is 27.4. The van der Waals surface area contributed by atoms with Crippen molar-refractivity contribution < 1.29 is 27.9 Å². The largest absolute Gasteiger partial charge is 0.488 e. The van der Waals surface area contributed by atoms with Crippen LogP contribution in [-0.4, -0.2) is 93.6 Å². The molecule has 210 valence electrons. The monoisotopic (exact) mass is 577 g/mol. The van der Waals surface area contributed by atoms with E-state index in [-0.39, 0.29) is 54.6 Å². The number of aliphatic hydroxyl groups is 1. The molecule has 1 aromatic carbocycles. The number of hydrogen-bond donors (Lipinski definition) is 2. The van der Waals surface area contributed by atoms with Gasteiger partial charge in [0.25, 0.3) is 10.0 Å². The van der Waals surface area contributed by atoms with Crippen LogP contribution >= 0.6 is 11.3 Å². The highest BCUT2D eigenvalue weighted by molar-refractivity contribution is 7.91. The highest BCUT2D eigenvalue weighted by Gasteiger charge is 2.33. The molecule has 39 heavy (non-hydrogen) atoms. The average molecular weight is 578 g/mol. The van der Waals surface area contributed by atoms with Crippen molar-refractivity contribution in [3.63, 3.8) is 0 Å². The quantitative estimate of drug-likeness (QED) is 0.376. The van der Waals surface area contributed by atoms with Crippen LogP contribution in [0.1, 0.15) is 19.4 Å². The van der Waals surface area contributed by atoms with Crippen LogP contribution in [0.25, 0.3) is 0 Å². The van der Waals surface area contributed by atoms with Crippen LogP contribution in [0.3, 0.4) is 0 Å². The second-order valence-corrected chi connectivity index (χ2v) is 12.7. The molecule has 2 N–H and O–H groups in total. The third kappa shape index (κ3) is 6.79. The summed E-state index contributed by atoms with van der Waals surface area (Å²) in [5.41, 5.74) is 0.976. The molecular weight excluding hydrogens is 546 g/mol. The standard InChI is InChI=1S/C24H31N7O6S2/c1-16-11-31(17(2)14-32)23(34)10-18-9-19(26-22(33)13-30-15-25-27-28-30)6-7-20(18)37-21(16)12-29(3)39(35,36)24-5-4-8-38-24/h4-9,15-17,21,32H,10-14H2,1-3H3,(H,26,33)/t16-,17-,21-/m1/s1. The van der Waals surface area contributed by atoms with E-state index in [1.54, 1.807) is 47.5 Å². The number of tetrazole rings is 1. The van der Waals surface area contributed by atoms with Gasteiger partial charge in [-0.25, -0.2) is 13.1 Å². The molecule has 3 atom stereocenters. The zero-order valence-corrected chi connectivity index (χ0v) is 23.4. The zero-order valence-electron chi connectivity index (χ0n) is 21.8. The number of rotatable bonds is 9. The number of fused-ring (bicyclic) bond motifs is 1. The fraction of sp³-hybridized carbons (Fsp3) is 0.458. The molecule has 0 unspecified atom stereocenters. The summed E-state index contributed by atoms with van der Waals surface area (Å²) in [5, 5.41) is 25.0. The Kier molecular flexibility index (Phi) is 8.94. The number of anilines is 1. The number of aromatic nitrogens is 4. The molecule has 15 heteroatoms. The molecule has 0 aliphatic carbocycles. The second kappa shape index (κ2) is 12.2. The molecule has 13 nitrogen and oxygen atoms in total. The molecule has 1 aliphatic rings. The molecule has 3 heterocycles. The van der Waals surface area contributed by atoms with Gasteiger partial charge in [0.1, 0.15) is 28.9 Å². The minimum Gasteiger partial charge on any atom is -0.488 e. The molecule has 0 spiro atoms. The summed E-state index contributed by atoms with van der Waals surface area (Å²) in [6.07, 6.45) is 0.686. The van der Waals surface area contributed by atoms with Gasteiger partial charge in [-0.3, -0.25) is 9.59 Å². The highest BCUT2D eigenvalue weighted by atomic mass is 32.2. The van der Waals surface area contributed by atoms with Crippen molar-refractivity contribution in [2.24, 2.45) is 5.92 Å². The number of benzene rings is 1. The maximum Gasteiger partial charge on any atom is 0.252 e. The molecule has 1 aliphatic heterocycles. The first-order chi connectivity index (χ1) is 18.6. The van der Waals surface area contributed by atoms with Gasteiger partial charge in [0, 0.05) is 30.8 Å². The topological polar surface area (TPSA) is 160 Å². The summed E-state index contributed by atoms with van der Waals surface area (Å²) < 4.78 is 35.3. The minimum atomic E-state index is -3.73. The Bertz CT molecular complexity index is 1380. The maximum absolute atomic E-state index is 13.4. The Morgan fingerprint density at radius 3 is 2.82 bits per heavy atom. The number of thiophene rings is 1. The van der Waals surface area contributed by atoms with E-state index >= 15 is 0 Å². The summed E-state index contributed by atoms with van der Waals surface area (Å²) in [5.74, 6) is -0.435. The Labute approximate surface area is 230 Å². The third-order valence-electron chi connectivity index (χ3n) is 6.49. The third-order valence-corrected chi connectivity index (χ3v) is 9.69. The maximum atomic E-state index is 13.4. The Morgan fingerprint density at radius 1 is 1.36 bits per heavy atom. The number of nitrogens with one attached hydrogen (secondary N) is 1. The summed E-state index contributed by atoms with van der Waals surface area (Å²) in [6.45, 7) is 3.63. The lowest BCUT2D eigenvalue weighted by atomic mass is 10.0. The van der Waals surface area contributed by atoms with Gasteiger partial charge in [0.05, 0.1) is 25.6 Å². The van der Waals surface area contributed by atoms with Crippen molar-refractivity contribution in [1.82, 2.24) is 29.4 Å². The zero-order chi connectivity index (χ0) is 28.2. The van der Waals surface area contributed by atoms with Crippen molar-refractivity contribution in [1.29, 1.82) is 0 Å². The van der Waals surface area contributed by atoms with Gasteiger partial charge < -0.3 is 20.1 Å². The van der Waals surface area contributed by atoms with Crippen molar-refractivity contribution in [3.05, 3.63) is 47.6 Å². The first-order valence-electron chi connectivity index (χ1n) is 12.3. The van der Waals surface area contributed by atoms with E-state index in [0.29, 0.717) is 17.0 Å². The Hall–Kier alpha value is -3.40. The molecular formula is C24H31N7O6S2. The summed E-state index contributed by atoms with van der Waals surface area (Å²) in [6, 6.07) is 7.76. The van der Waals surface area contributed by atoms with Gasteiger partial charge in [-0.05, 0) is 47.0 Å². The number of aliphatic hydroxyl groups excluding tert-OH is 1. The van der Waals surface area contributed by atoms with Crippen LogP contribution in [0.5, 0.6) is 5.75 Å². The summed E-state index contributed by atoms with van der Waals surface area (Å²) in [7, 11) is -2.22. The minimum absolute atomic E-state index is 0.0286. The number of nitrogens with zero attached hydrogens (tertiary/aromatic N) is 6. The van der Waals surface area contributed by atoms with E-state index in [1.165, 1.54) is 22.4 Å². The van der Waals surface area contributed by atoms with Crippen LogP contribution in [0, 0.1) is 5.92 Å². The van der Waals surface area contributed by atoms with Crippen molar-refractivity contribution >= 4 is 38.9 Å². The number of carbonyl (C=O) groups excluding carboxylic acids is 2. The molecule has 0 bridgehead atoms. The van der Waals surface area contributed by atoms with Gasteiger partial charge in [0.2, 0.25) is 11.8 Å². The lowest BCUT2D eigenvalue weighted by Gasteiger charge is -2.33. The molecule has 0 saturated carbocycles. The number of sulfonamides is 1. The normalized spacial score (nSPS) is 19.0. The molecule has 2 amide bonds. The highest BCUT2D eigenvalue weighted by Crippen LogP contribution is 2.30. The summed E-state index contributed by atoms with van der Waals surface area (Å²) >= 11 is 1.14. The molecule has 0 saturated heterocycles. The van der Waals surface area contributed by atoms with Crippen LogP contribution in [0.4, 0.5) is 5.69 Å². The number of ether oxygens (including phenoxy) is 1. The van der Waals surface area contributed by atoms with Crippen molar-refractivity contribution in [2.75, 3.05) is 32.1 Å². The first-order valence-corrected chi connectivity index (χ1v) is 14.6. The molecule has 2 aromatic heterocycles. The van der Waals surface area contributed by atoms with Crippen LogP contribution in [-0.2, 0) is 32.6 Å². The van der Waals surface area contributed by atoms with Crippen LogP contribution < -0.4 is 10.1 Å². The fourth-order valence-electron chi connectivity index (χ4n) is 4.24. The van der Waals surface area contributed by atoms with Crippen molar-refractivity contribution in [3.8, 4) is 5.75 Å². The fourth-order valence-corrected chi connectivity index (χ4v) is 6.63. The van der Waals surface area contributed by atoms with E-state index in [2.05, 4.69) is 20.8 Å². The second-order valence-electron chi connectivity index (χ2n) is 9.48. The lowest BCUT2D eigenvalue weighted by molar-refractivity contribution is -0.134. The number of likely N-dealkylation sites (N-methyl/N-ethyl adjacent to an activating group) is 1.